The van der Waals surface area contributed by atoms with Gasteiger partial charge in [0.2, 0.25) is 0 Å². The van der Waals surface area contributed by atoms with Gasteiger partial charge in [0.15, 0.2) is 0 Å². The highest BCUT2D eigenvalue weighted by atomic mass is 35.5. The van der Waals surface area contributed by atoms with E-state index in [9.17, 15) is 14.7 Å². The number of carbonyl (C=O) groups excluding carboxylic acids is 2. The Kier molecular flexibility index (Phi) is 5.88. The smallest absolute Gasteiger partial charge is 0.295 e. The molecule has 0 saturated carbocycles. The van der Waals surface area contributed by atoms with E-state index in [1.54, 1.807) is 48.5 Å². The number of benzene rings is 2. The van der Waals surface area contributed by atoms with Crippen molar-refractivity contribution in [2.75, 3.05) is 6.54 Å². The van der Waals surface area contributed by atoms with Gasteiger partial charge in [0.25, 0.3) is 11.7 Å². The van der Waals surface area contributed by atoms with Crippen molar-refractivity contribution in [3.05, 3.63) is 75.3 Å². The lowest BCUT2D eigenvalue weighted by molar-refractivity contribution is -0.139. The van der Waals surface area contributed by atoms with E-state index in [4.69, 9.17) is 23.2 Å². The van der Waals surface area contributed by atoms with E-state index in [2.05, 4.69) is 0 Å². The largest absolute Gasteiger partial charge is 0.507 e. The van der Waals surface area contributed by atoms with E-state index in [0.717, 1.165) is 18.4 Å². The molecule has 1 amide bonds. The van der Waals surface area contributed by atoms with Gasteiger partial charge >= 0.3 is 0 Å². The number of nitrogens with zero attached hydrogens (tertiary/aromatic N) is 1. The van der Waals surface area contributed by atoms with Crippen LogP contribution in [0.25, 0.3) is 5.76 Å². The number of carbonyl (C=O) groups is 2. The number of rotatable bonds is 5. The first kappa shape index (κ1) is 19.5. The van der Waals surface area contributed by atoms with Crippen LogP contribution >= 0.6 is 23.2 Å². The Morgan fingerprint density at radius 3 is 2.41 bits per heavy atom. The second kappa shape index (κ2) is 8.15. The van der Waals surface area contributed by atoms with Crippen LogP contribution in [0.15, 0.2) is 54.1 Å². The highest BCUT2D eigenvalue weighted by Gasteiger charge is 2.45. The molecule has 4 nitrogen and oxygen atoms in total. The van der Waals surface area contributed by atoms with E-state index in [1.807, 2.05) is 6.92 Å². The number of ketones is 1. The van der Waals surface area contributed by atoms with Gasteiger partial charge in [-0.1, -0.05) is 60.8 Å². The minimum absolute atomic E-state index is 0.0701. The molecule has 1 saturated heterocycles. The Hall–Kier alpha value is -2.30. The van der Waals surface area contributed by atoms with Gasteiger partial charge in [-0.15, -0.1) is 0 Å². The molecule has 0 aromatic heterocycles. The first-order valence-corrected chi connectivity index (χ1v) is 9.49. The number of aliphatic hydroxyl groups excluding tert-OH is 1. The van der Waals surface area contributed by atoms with Crippen LogP contribution in [0.4, 0.5) is 0 Å². The lowest BCUT2D eigenvalue weighted by atomic mass is 9.95. The lowest BCUT2D eigenvalue weighted by Gasteiger charge is -2.25. The number of likely N-dealkylation sites (tertiary alicyclic amines) is 1. The molecular formula is C21H19Cl2NO3. The number of Topliss-reactive ketones (excluding diaryl/α,β-unsaturated/α-hetero) is 1. The van der Waals surface area contributed by atoms with Gasteiger partial charge in [-0.05, 0) is 36.2 Å². The molecule has 2 aromatic rings. The molecule has 1 heterocycles. The van der Waals surface area contributed by atoms with Crippen LogP contribution in [0.2, 0.25) is 10.0 Å². The predicted molar refractivity (Wildman–Crippen MR) is 107 cm³/mol. The van der Waals surface area contributed by atoms with Crippen LogP contribution in [0, 0.1) is 0 Å². The topological polar surface area (TPSA) is 57.6 Å². The van der Waals surface area contributed by atoms with Crippen LogP contribution in [0.5, 0.6) is 0 Å². The molecule has 1 aliphatic heterocycles. The minimum atomic E-state index is -0.691. The van der Waals surface area contributed by atoms with Gasteiger partial charge in [-0.25, -0.2) is 0 Å². The van der Waals surface area contributed by atoms with Crippen molar-refractivity contribution in [2.24, 2.45) is 0 Å². The second-order valence-electron chi connectivity index (χ2n) is 6.41. The Morgan fingerprint density at radius 1 is 1.07 bits per heavy atom. The maximum Gasteiger partial charge on any atom is 0.295 e. The van der Waals surface area contributed by atoms with Crippen molar-refractivity contribution >= 4 is 40.7 Å². The molecule has 27 heavy (non-hydrogen) atoms. The Labute approximate surface area is 168 Å². The standard InChI is InChI=1S/C21H19Cl2NO3/c1-2-3-11-24-18(13-7-9-15(22)10-8-13)17(20(26)21(24)27)19(25)14-5-4-6-16(23)12-14/h4-10,12,18,25H,2-3,11H2,1H3/b19-17-. The van der Waals surface area contributed by atoms with Gasteiger partial charge < -0.3 is 10.0 Å². The lowest BCUT2D eigenvalue weighted by Crippen LogP contribution is -2.30. The third kappa shape index (κ3) is 3.87. The van der Waals surface area contributed by atoms with Crippen molar-refractivity contribution in [2.45, 2.75) is 25.8 Å². The Morgan fingerprint density at radius 2 is 1.78 bits per heavy atom. The van der Waals surface area contributed by atoms with Crippen LogP contribution in [-0.4, -0.2) is 28.2 Å². The fraction of sp³-hybridized carbons (Fsp3) is 0.238. The molecule has 1 aliphatic rings. The summed E-state index contributed by atoms with van der Waals surface area (Å²) in [7, 11) is 0. The maximum atomic E-state index is 12.8. The molecule has 1 N–H and O–H groups in total. The second-order valence-corrected chi connectivity index (χ2v) is 7.28. The summed E-state index contributed by atoms with van der Waals surface area (Å²) in [4.78, 5) is 26.9. The Balaban J connectivity index is 2.16. The first-order chi connectivity index (χ1) is 12.9. The molecule has 3 rings (SSSR count). The molecule has 1 fully saturated rings. The van der Waals surface area contributed by atoms with Gasteiger partial charge in [0.05, 0.1) is 11.6 Å². The van der Waals surface area contributed by atoms with E-state index < -0.39 is 17.7 Å². The maximum absolute atomic E-state index is 12.8. The zero-order valence-electron chi connectivity index (χ0n) is 14.8. The number of hydrogen-bond acceptors (Lipinski definition) is 3. The zero-order valence-corrected chi connectivity index (χ0v) is 16.3. The molecule has 0 aliphatic carbocycles. The third-order valence-corrected chi connectivity index (χ3v) is 5.06. The summed E-state index contributed by atoms with van der Waals surface area (Å²) in [6.45, 7) is 2.44. The van der Waals surface area contributed by atoms with Crippen molar-refractivity contribution in [3.63, 3.8) is 0 Å². The molecule has 0 radical (unpaired) electrons. The summed E-state index contributed by atoms with van der Waals surface area (Å²) >= 11 is 12.0. The van der Waals surface area contributed by atoms with E-state index in [1.165, 1.54) is 4.90 Å². The van der Waals surface area contributed by atoms with Gasteiger partial charge in [-0.2, -0.15) is 0 Å². The van der Waals surface area contributed by atoms with E-state index in [0.29, 0.717) is 22.2 Å². The van der Waals surface area contributed by atoms with Gasteiger partial charge in [0, 0.05) is 22.2 Å². The first-order valence-electron chi connectivity index (χ1n) is 8.74. The van der Waals surface area contributed by atoms with E-state index >= 15 is 0 Å². The van der Waals surface area contributed by atoms with Crippen LogP contribution in [-0.2, 0) is 9.59 Å². The molecular weight excluding hydrogens is 385 g/mol. The number of amides is 1. The van der Waals surface area contributed by atoms with E-state index in [-0.39, 0.29) is 11.3 Å². The molecule has 0 spiro atoms. The molecule has 1 unspecified atom stereocenters. The molecule has 2 aromatic carbocycles. The Bertz CT molecular complexity index is 906. The summed E-state index contributed by atoms with van der Waals surface area (Å²) in [6.07, 6.45) is 1.64. The number of halogens is 2. The molecule has 1 atom stereocenters. The monoisotopic (exact) mass is 403 g/mol. The average molecular weight is 404 g/mol. The predicted octanol–water partition coefficient (Wildman–Crippen LogP) is 5.22. The molecule has 0 bridgehead atoms. The third-order valence-electron chi connectivity index (χ3n) is 4.58. The summed E-state index contributed by atoms with van der Waals surface area (Å²) in [5.41, 5.74) is 1.19. The summed E-state index contributed by atoms with van der Waals surface area (Å²) in [6, 6.07) is 12.9. The molecule has 6 heteroatoms. The SMILES string of the molecule is CCCCN1C(=O)C(=O)/C(=C(\O)c2cccc(Cl)c2)C1c1ccc(Cl)cc1. The normalized spacial score (nSPS) is 18.9. The quantitative estimate of drug-likeness (QED) is 0.423. The van der Waals surface area contributed by atoms with Crippen LogP contribution < -0.4 is 0 Å². The van der Waals surface area contributed by atoms with Crippen molar-refractivity contribution < 1.29 is 14.7 Å². The fourth-order valence-electron chi connectivity index (χ4n) is 3.22. The van der Waals surface area contributed by atoms with Crippen molar-refractivity contribution in [1.82, 2.24) is 4.90 Å². The average Bonchev–Trinajstić information content (AvgIpc) is 2.91. The van der Waals surface area contributed by atoms with Gasteiger partial charge in [-0.3, -0.25) is 9.59 Å². The number of hydrogen-bond donors (Lipinski definition) is 1. The summed E-state index contributed by atoms with van der Waals surface area (Å²) in [5.74, 6) is -1.52. The zero-order chi connectivity index (χ0) is 19.6. The molecule has 140 valence electrons. The summed E-state index contributed by atoms with van der Waals surface area (Å²) in [5, 5.41) is 11.8. The van der Waals surface area contributed by atoms with Crippen molar-refractivity contribution in [3.8, 4) is 0 Å². The highest BCUT2D eigenvalue weighted by Crippen LogP contribution is 2.40. The van der Waals surface area contributed by atoms with Gasteiger partial charge in [0.1, 0.15) is 5.76 Å². The van der Waals surface area contributed by atoms with Crippen molar-refractivity contribution in [1.29, 1.82) is 0 Å². The number of aliphatic hydroxyl groups is 1. The summed E-state index contributed by atoms with van der Waals surface area (Å²) < 4.78 is 0. The van der Waals surface area contributed by atoms with Crippen LogP contribution in [0.1, 0.15) is 36.9 Å². The fourth-order valence-corrected chi connectivity index (χ4v) is 3.54. The minimum Gasteiger partial charge on any atom is -0.507 e. The van der Waals surface area contributed by atoms with Crippen LogP contribution in [0.3, 0.4) is 0 Å². The highest BCUT2D eigenvalue weighted by molar-refractivity contribution is 6.46. The number of unbranched alkanes of at least 4 members (excludes halogenated alkanes) is 1.